The summed E-state index contributed by atoms with van der Waals surface area (Å²) in [7, 11) is -5.63. The van der Waals surface area contributed by atoms with E-state index in [9.17, 15) is 21.6 Å². The molecule has 1 aliphatic rings. The number of furan rings is 1. The van der Waals surface area contributed by atoms with Crippen molar-refractivity contribution in [1.29, 1.82) is 0 Å². The van der Waals surface area contributed by atoms with Crippen LogP contribution in [0.1, 0.15) is 22.5 Å². The zero-order valence-electron chi connectivity index (χ0n) is 17.9. The largest absolute Gasteiger partial charge is 0.497 e. The Morgan fingerprint density at radius 3 is 2.36 bits per heavy atom. The number of nitrogens with zero attached hydrogens (tertiary/aromatic N) is 1. The number of amides is 1. The number of hydrogen-bond donors (Lipinski definition) is 0. The summed E-state index contributed by atoms with van der Waals surface area (Å²) in [5.41, 5.74) is 0.775. The zero-order chi connectivity index (χ0) is 23.6. The highest BCUT2D eigenvalue weighted by Gasteiger charge is 2.36. The Hall–Kier alpha value is -3.11. The van der Waals surface area contributed by atoms with Crippen LogP contribution in [0.25, 0.3) is 0 Å². The van der Waals surface area contributed by atoms with Gasteiger partial charge in [-0.2, -0.15) is 0 Å². The van der Waals surface area contributed by atoms with E-state index in [0.717, 1.165) is 5.56 Å². The molecule has 174 valence electrons. The maximum Gasteiger partial charge on any atom is 0.290 e. The molecule has 4 rings (SSSR count). The molecule has 1 unspecified atom stereocenters. The summed E-state index contributed by atoms with van der Waals surface area (Å²) in [6.45, 7) is 0.143. The van der Waals surface area contributed by atoms with Crippen molar-refractivity contribution in [2.45, 2.75) is 29.0 Å². The molecule has 0 spiro atoms. The summed E-state index contributed by atoms with van der Waals surface area (Å²) in [5, 5.41) is -0.347. The molecule has 1 aromatic heterocycles. The van der Waals surface area contributed by atoms with Crippen molar-refractivity contribution in [3.05, 3.63) is 78.1 Å². The first-order valence-corrected chi connectivity index (χ1v) is 13.5. The summed E-state index contributed by atoms with van der Waals surface area (Å²) < 4.78 is 60.4. The lowest BCUT2D eigenvalue weighted by molar-refractivity contribution is 0.0642. The Morgan fingerprint density at radius 1 is 1.06 bits per heavy atom. The summed E-state index contributed by atoms with van der Waals surface area (Å²) in [6, 6.07) is 16.9. The molecule has 0 bridgehead atoms. The molecular weight excluding hydrogens is 466 g/mol. The molecule has 0 N–H and O–H groups in total. The van der Waals surface area contributed by atoms with Crippen LogP contribution in [0.2, 0.25) is 0 Å². The van der Waals surface area contributed by atoms with E-state index < -0.39 is 31.6 Å². The Labute approximate surface area is 192 Å². The van der Waals surface area contributed by atoms with E-state index in [0.29, 0.717) is 12.2 Å². The quantitative estimate of drug-likeness (QED) is 0.502. The number of ether oxygens (including phenoxy) is 1. The molecule has 1 aliphatic heterocycles. The smallest absolute Gasteiger partial charge is 0.290 e. The van der Waals surface area contributed by atoms with Gasteiger partial charge in [-0.3, -0.25) is 4.79 Å². The molecule has 2 aromatic carbocycles. The van der Waals surface area contributed by atoms with Crippen molar-refractivity contribution in [3.8, 4) is 5.75 Å². The fraction of sp³-hybridized carbons (Fsp3) is 0.261. The molecule has 3 aromatic rings. The van der Waals surface area contributed by atoms with E-state index in [-0.39, 0.29) is 33.8 Å². The van der Waals surface area contributed by atoms with Gasteiger partial charge in [0, 0.05) is 12.6 Å². The van der Waals surface area contributed by atoms with Crippen molar-refractivity contribution in [3.63, 3.8) is 0 Å². The average molecular weight is 490 g/mol. The molecule has 0 radical (unpaired) electrons. The third-order valence-electron chi connectivity index (χ3n) is 5.53. The zero-order valence-corrected chi connectivity index (χ0v) is 19.5. The molecule has 33 heavy (non-hydrogen) atoms. The highest BCUT2D eigenvalue weighted by Crippen LogP contribution is 2.27. The van der Waals surface area contributed by atoms with Crippen LogP contribution in [0.4, 0.5) is 0 Å². The number of methoxy groups -OCH3 is 1. The van der Waals surface area contributed by atoms with Crippen molar-refractivity contribution in [1.82, 2.24) is 4.90 Å². The third-order valence-corrected chi connectivity index (χ3v) is 8.92. The molecular formula is C23H23NO7S2. The Bertz CT molecular complexity index is 1350. The number of rotatable bonds is 7. The van der Waals surface area contributed by atoms with Gasteiger partial charge in [-0.1, -0.05) is 30.3 Å². The minimum atomic E-state index is -3.93. The van der Waals surface area contributed by atoms with Gasteiger partial charge in [0.1, 0.15) is 5.75 Å². The van der Waals surface area contributed by atoms with Crippen molar-refractivity contribution in [2.24, 2.45) is 0 Å². The SMILES string of the molecule is COc1ccc(CN(C(=O)c2ccc(S(=O)(=O)c3ccccc3)o2)C2CCS(=O)(=O)C2)cc1. The third kappa shape index (κ3) is 4.96. The van der Waals surface area contributed by atoms with Crippen molar-refractivity contribution < 1.29 is 30.8 Å². The predicted octanol–water partition coefficient (Wildman–Crippen LogP) is 2.95. The lowest BCUT2D eigenvalue weighted by atomic mass is 10.1. The van der Waals surface area contributed by atoms with Gasteiger partial charge < -0.3 is 14.1 Å². The number of carbonyl (C=O) groups is 1. The van der Waals surface area contributed by atoms with Crippen LogP contribution in [0.15, 0.2) is 81.1 Å². The first kappa shape index (κ1) is 23.1. The highest BCUT2D eigenvalue weighted by atomic mass is 32.2. The lowest BCUT2D eigenvalue weighted by Crippen LogP contribution is -2.40. The molecule has 2 heterocycles. The lowest BCUT2D eigenvalue weighted by Gasteiger charge is -2.27. The maximum atomic E-state index is 13.4. The summed E-state index contributed by atoms with van der Waals surface area (Å²) in [5.74, 6) is -0.229. The van der Waals surface area contributed by atoms with E-state index in [1.165, 1.54) is 29.2 Å². The van der Waals surface area contributed by atoms with Crippen LogP contribution in [0.5, 0.6) is 5.75 Å². The maximum absolute atomic E-state index is 13.4. The molecule has 10 heteroatoms. The van der Waals surface area contributed by atoms with Crippen LogP contribution < -0.4 is 4.74 Å². The van der Waals surface area contributed by atoms with Crippen LogP contribution >= 0.6 is 0 Å². The molecule has 1 atom stereocenters. The Kier molecular flexibility index (Phi) is 6.31. The monoisotopic (exact) mass is 489 g/mol. The highest BCUT2D eigenvalue weighted by molar-refractivity contribution is 7.91. The van der Waals surface area contributed by atoms with Gasteiger partial charge in [-0.25, -0.2) is 16.8 Å². The number of benzene rings is 2. The number of carbonyl (C=O) groups excluding carboxylic acids is 1. The minimum absolute atomic E-state index is 0.00412. The van der Waals surface area contributed by atoms with Crippen molar-refractivity contribution >= 4 is 25.6 Å². The molecule has 1 amide bonds. The normalized spacial score (nSPS) is 17.5. The van der Waals surface area contributed by atoms with E-state index in [4.69, 9.17) is 9.15 Å². The first-order valence-electron chi connectivity index (χ1n) is 10.2. The van der Waals surface area contributed by atoms with Gasteiger partial charge in [-0.05, 0) is 48.4 Å². The Balaban J connectivity index is 1.64. The van der Waals surface area contributed by atoms with Gasteiger partial charge in [0.15, 0.2) is 15.6 Å². The molecule has 1 saturated heterocycles. The van der Waals surface area contributed by atoms with Gasteiger partial charge in [0.2, 0.25) is 14.9 Å². The number of sulfone groups is 2. The van der Waals surface area contributed by atoms with E-state index in [1.54, 1.807) is 49.6 Å². The van der Waals surface area contributed by atoms with E-state index in [2.05, 4.69) is 0 Å². The van der Waals surface area contributed by atoms with Gasteiger partial charge >= 0.3 is 0 Å². The minimum Gasteiger partial charge on any atom is -0.497 e. The molecule has 0 saturated carbocycles. The van der Waals surface area contributed by atoms with Crippen LogP contribution in [0.3, 0.4) is 0 Å². The van der Waals surface area contributed by atoms with Gasteiger partial charge in [-0.15, -0.1) is 0 Å². The molecule has 1 fully saturated rings. The fourth-order valence-corrected chi connectivity index (χ4v) is 6.68. The summed E-state index contributed by atoms with van der Waals surface area (Å²) in [6.07, 6.45) is 0.306. The van der Waals surface area contributed by atoms with E-state index in [1.807, 2.05) is 0 Å². The second-order valence-corrected chi connectivity index (χ2v) is 11.9. The van der Waals surface area contributed by atoms with Crippen LogP contribution in [-0.4, -0.2) is 52.3 Å². The average Bonchev–Trinajstić information content (AvgIpc) is 3.45. The summed E-state index contributed by atoms with van der Waals surface area (Å²) in [4.78, 5) is 14.9. The molecule has 8 nitrogen and oxygen atoms in total. The van der Waals surface area contributed by atoms with Crippen LogP contribution in [-0.2, 0) is 26.2 Å². The standard InChI is InChI=1S/C23H23NO7S2/c1-30-19-9-7-17(8-10-19)15-24(18-13-14-32(26,27)16-18)23(25)21-11-12-22(31-21)33(28,29)20-5-3-2-4-6-20/h2-12,18H,13-16H2,1H3. The van der Waals surface area contributed by atoms with Gasteiger partial charge in [0.05, 0.1) is 23.5 Å². The first-order chi connectivity index (χ1) is 15.7. The summed E-state index contributed by atoms with van der Waals surface area (Å²) >= 11 is 0. The van der Waals surface area contributed by atoms with E-state index >= 15 is 0 Å². The molecule has 0 aliphatic carbocycles. The van der Waals surface area contributed by atoms with Gasteiger partial charge in [0.25, 0.3) is 5.91 Å². The second kappa shape index (κ2) is 9.03. The number of hydrogen-bond acceptors (Lipinski definition) is 7. The topological polar surface area (TPSA) is 111 Å². The Morgan fingerprint density at radius 2 is 1.76 bits per heavy atom. The van der Waals surface area contributed by atoms with Crippen LogP contribution in [0, 0.1) is 0 Å². The predicted molar refractivity (Wildman–Crippen MR) is 121 cm³/mol. The second-order valence-electron chi connectivity index (χ2n) is 7.77. The fourth-order valence-electron chi connectivity index (χ4n) is 3.75. The van der Waals surface area contributed by atoms with Crippen molar-refractivity contribution in [2.75, 3.05) is 18.6 Å².